The molecule has 0 bridgehead atoms. The average Bonchev–Trinajstić information content (AvgIpc) is 4.06. The van der Waals surface area contributed by atoms with Gasteiger partial charge in [-0.15, -0.1) is 6.58 Å². The molecule has 0 spiro atoms. The van der Waals surface area contributed by atoms with Crippen molar-refractivity contribution in [2.45, 2.75) is 75.4 Å². The Morgan fingerprint density at radius 3 is 2.45 bits per heavy atom. The number of likely N-dealkylation sites (tertiary alicyclic amines) is 1. The maximum atomic E-state index is 14.4. The summed E-state index contributed by atoms with van der Waals surface area (Å²) in [7, 11) is 0.882. The van der Waals surface area contributed by atoms with Gasteiger partial charge in [0.05, 0.1) is 24.6 Å². The van der Waals surface area contributed by atoms with Gasteiger partial charge in [0.25, 0.3) is 11.8 Å². The zero-order chi connectivity index (χ0) is 40.0. The molecule has 3 aliphatic rings. The molecule has 55 heavy (non-hydrogen) atoms. The molecule has 3 N–H and O–H groups in total. The number of hydrogen-bond acceptors (Lipinski definition) is 11. The number of nitrogens with one attached hydrogen (secondary N) is 3. The molecule has 294 valence electrons. The van der Waals surface area contributed by atoms with E-state index in [1.54, 1.807) is 67.5 Å². The minimum atomic E-state index is -3.93. The normalized spacial score (nSPS) is 23.0. The highest BCUT2D eigenvalue weighted by Gasteiger charge is 2.67. The number of sulfonamides is 1. The van der Waals surface area contributed by atoms with E-state index in [4.69, 9.17) is 21.1 Å². The first kappa shape index (κ1) is 39.9. The Kier molecular flexibility index (Phi) is 10.9. The summed E-state index contributed by atoms with van der Waals surface area (Å²) >= 11 is 6.35. The van der Waals surface area contributed by atoms with Gasteiger partial charge in [0.2, 0.25) is 27.7 Å². The van der Waals surface area contributed by atoms with E-state index in [2.05, 4.69) is 26.9 Å². The number of fused-ring (bicyclic) bond motifs is 1. The van der Waals surface area contributed by atoms with E-state index >= 15 is 0 Å². The first-order chi connectivity index (χ1) is 25.9. The second-order valence-corrected chi connectivity index (χ2v) is 18.1. The number of benzene rings is 2. The molecular formula is C39H47ClN6O8S. The lowest BCUT2D eigenvalue weighted by atomic mass is 9.85. The van der Waals surface area contributed by atoms with Gasteiger partial charge in [-0.05, 0) is 61.1 Å². The van der Waals surface area contributed by atoms with Gasteiger partial charge in [0.1, 0.15) is 23.4 Å². The van der Waals surface area contributed by atoms with Crippen LogP contribution in [0.3, 0.4) is 0 Å². The minimum absolute atomic E-state index is 0.0247. The number of ether oxygens (including phenoxy) is 2. The number of amides is 4. The van der Waals surface area contributed by atoms with E-state index in [0.29, 0.717) is 45.6 Å². The summed E-state index contributed by atoms with van der Waals surface area (Å²) in [5, 5.41) is 6.84. The third-order valence-corrected chi connectivity index (χ3v) is 12.5. The molecule has 14 nitrogen and oxygen atoms in total. The molecule has 5 atom stereocenters. The molecule has 2 aliphatic carbocycles. The maximum absolute atomic E-state index is 14.4. The van der Waals surface area contributed by atoms with Crippen LogP contribution in [0.25, 0.3) is 10.8 Å². The number of imide groups is 1. The van der Waals surface area contributed by atoms with Crippen molar-refractivity contribution in [2.75, 3.05) is 33.1 Å². The summed E-state index contributed by atoms with van der Waals surface area (Å²) in [4.78, 5) is 62.7. The van der Waals surface area contributed by atoms with Crippen LogP contribution in [0.15, 0.2) is 61.3 Å². The lowest BCUT2D eigenvalue weighted by molar-refractivity contribution is -0.136. The van der Waals surface area contributed by atoms with E-state index in [1.807, 2.05) is 20.8 Å². The fraction of sp³-hybridized carbons (Fsp3) is 0.462. The van der Waals surface area contributed by atoms with E-state index < -0.39 is 68.1 Å². The van der Waals surface area contributed by atoms with E-state index in [9.17, 15) is 27.6 Å². The predicted molar refractivity (Wildman–Crippen MR) is 208 cm³/mol. The molecule has 1 aromatic heterocycles. The molecule has 0 radical (unpaired) electrons. The number of aromatic nitrogens is 1. The number of methoxy groups -OCH3 is 1. The Bertz CT molecular complexity index is 2150. The fourth-order valence-corrected chi connectivity index (χ4v) is 8.76. The molecule has 2 heterocycles. The van der Waals surface area contributed by atoms with Crippen LogP contribution < -0.4 is 24.8 Å². The van der Waals surface area contributed by atoms with Crippen molar-refractivity contribution in [2.24, 2.45) is 11.3 Å². The van der Waals surface area contributed by atoms with Crippen molar-refractivity contribution in [3.8, 4) is 11.6 Å². The molecule has 6 rings (SSSR count). The van der Waals surface area contributed by atoms with Crippen molar-refractivity contribution < 1.29 is 37.1 Å². The highest BCUT2D eigenvalue weighted by molar-refractivity contribution is 7.91. The lowest BCUT2D eigenvalue weighted by Gasteiger charge is -2.34. The predicted octanol–water partition coefficient (Wildman–Crippen LogP) is 4.14. The van der Waals surface area contributed by atoms with Crippen molar-refractivity contribution in [3.05, 3.63) is 71.9 Å². The fourth-order valence-electron chi connectivity index (χ4n) is 7.23. The highest BCUT2D eigenvalue weighted by atomic mass is 35.5. The van der Waals surface area contributed by atoms with Crippen molar-refractivity contribution >= 4 is 61.7 Å². The number of rotatable bonds is 13. The number of carbonyl (C=O) groups is 4. The summed E-state index contributed by atoms with van der Waals surface area (Å²) in [6.45, 7) is 9.43. The maximum Gasteiger partial charge on any atom is 0.254 e. The zero-order valence-corrected chi connectivity index (χ0v) is 33.3. The lowest BCUT2D eigenvalue weighted by Crippen LogP contribution is -2.59. The summed E-state index contributed by atoms with van der Waals surface area (Å²) in [5.74, 6) is -2.05. The second-order valence-electron chi connectivity index (χ2n) is 15.7. The van der Waals surface area contributed by atoms with Crippen LogP contribution in [0.5, 0.6) is 11.6 Å². The number of carbonyl (C=O) groups excluding carboxylic acids is 4. The van der Waals surface area contributed by atoms with Crippen molar-refractivity contribution in [1.82, 2.24) is 24.8 Å². The Morgan fingerprint density at radius 1 is 1.11 bits per heavy atom. The second kappa shape index (κ2) is 15.1. The van der Waals surface area contributed by atoms with Crippen LogP contribution in [0.1, 0.15) is 56.8 Å². The molecule has 4 amide bonds. The van der Waals surface area contributed by atoms with Crippen LogP contribution in [0.2, 0.25) is 5.02 Å². The number of nitrogens with zero attached hydrogens (tertiary/aromatic N) is 3. The molecule has 3 aromatic rings. The number of hydrogen-bond donors (Lipinski definition) is 3. The van der Waals surface area contributed by atoms with Crippen LogP contribution in [0, 0.1) is 11.3 Å². The van der Waals surface area contributed by atoms with Gasteiger partial charge in [-0.1, -0.05) is 44.5 Å². The molecule has 2 saturated carbocycles. The quantitative estimate of drug-likeness (QED) is 0.212. The van der Waals surface area contributed by atoms with Gasteiger partial charge < -0.3 is 19.7 Å². The van der Waals surface area contributed by atoms with Gasteiger partial charge >= 0.3 is 0 Å². The van der Waals surface area contributed by atoms with Crippen molar-refractivity contribution in [1.29, 1.82) is 0 Å². The van der Waals surface area contributed by atoms with E-state index in [0.717, 1.165) is 0 Å². The standard InChI is InChI=1S/C39H47ClN6O8S/c1-8-23-19-39(23,37(50)44-55(51,52)27-13-14-27)46-21-26(54-35-29-17-24(40)12-15-28(29)31(53-7)20-41-35)18-30(46)33(47)43-34(48)32(38(2,3)4)42-25-11-9-10-22(16-25)36(49)45(5)6/h8-12,15-17,20,23,26-27,30,32,42H,1,13-14,18-19,21H2,2-7H3,(H,44,50)(H,43,47,48)/t23-,26-,30+,32+,39-/m1/s1. The average molecular weight is 795 g/mol. The van der Waals surface area contributed by atoms with Gasteiger partial charge in [0.15, 0.2) is 0 Å². The molecule has 16 heteroatoms. The summed E-state index contributed by atoms with van der Waals surface area (Å²) in [6, 6.07) is 9.89. The molecule has 1 aliphatic heterocycles. The van der Waals surface area contributed by atoms with Crippen molar-refractivity contribution in [3.63, 3.8) is 0 Å². The summed E-state index contributed by atoms with van der Waals surface area (Å²) in [6.07, 6.45) is 3.52. The van der Waals surface area contributed by atoms with Gasteiger partial charge in [-0.2, -0.15) is 0 Å². The smallest absolute Gasteiger partial charge is 0.254 e. The van der Waals surface area contributed by atoms with E-state index in [1.165, 1.54) is 18.2 Å². The van der Waals surface area contributed by atoms with E-state index in [-0.39, 0.29) is 31.2 Å². The number of halogens is 1. The first-order valence-corrected chi connectivity index (χ1v) is 20.0. The van der Waals surface area contributed by atoms with Gasteiger partial charge in [0, 0.05) is 60.0 Å². The third kappa shape index (κ3) is 8.14. The Hall–Kier alpha value is -4.73. The van der Waals surface area contributed by atoms with Crippen LogP contribution in [-0.2, 0) is 24.4 Å². The molecule has 1 saturated heterocycles. The molecule has 3 fully saturated rings. The number of anilines is 1. The third-order valence-electron chi connectivity index (χ3n) is 10.4. The summed E-state index contributed by atoms with van der Waals surface area (Å²) in [5.41, 5.74) is -1.23. The Labute approximate surface area is 326 Å². The van der Waals surface area contributed by atoms with Gasteiger partial charge in [-0.25, -0.2) is 13.4 Å². The van der Waals surface area contributed by atoms with Crippen LogP contribution >= 0.6 is 11.6 Å². The molecule has 2 aromatic carbocycles. The molecule has 0 unspecified atom stereocenters. The minimum Gasteiger partial charge on any atom is -0.494 e. The topological polar surface area (TPSA) is 176 Å². The zero-order valence-electron chi connectivity index (χ0n) is 31.7. The molecular weight excluding hydrogens is 748 g/mol. The SMILES string of the molecule is C=C[C@@H]1C[C@@]1(C(=O)NS(=O)(=O)C1CC1)N1C[C@H](Oc2ncc(OC)c3ccc(Cl)cc23)C[C@H]1C(=O)NC(=O)[C@H](Nc1cccc(C(=O)N(C)C)c1)C(C)(C)C. The number of pyridine rings is 1. The van der Waals surface area contributed by atoms with Crippen LogP contribution in [-0.4, -0.2) is 104 Å². The first-order valence-electron chi connectivity index (χ1n) is 18.1. The highest BCUT2D eigenvalue weighted by Crippen LogP contribution is 2.53. The van der Waals surface area contributed by atoms with Gasteiger partial charge in [-0.3, -0.25) is 34.1 Å². The Morgan fingerprint density at radius 2 is 1.84 bits per heavy atom. The monoisotopic (exact) mass is 794 g/mol. The largest absolute Gasteiger partial charge is 0.494 e. The Balaban J connectivity index is 1.31. The van der Waals surface area contributed by atoms with Crippen LogP contribution in [0.4, 0.5) is 5.69 Å². The summed E-state index contributed by atoms with van der Waals surface area (Å²) < 4.78 is 40.2.